The molecule has 2 rings (SSSR count). The molecule has 3 heteroatoms. The van der Waals surface area contributed by atoms with Crippen LogP contribution in [0.4, 0.5) is 0 Å². The maximum absolute atomic E-state index is 13.3. The Hall–Kier alpha value is -0.570. The quantitative estimate of drug-likeness (QED) is 0.213. The summed E-state index contributed by atoms with van der Waals surface area (Å²) in [5.74, 6) is 1.72. The molecule has 0 N–H and O–H groups in total. The number of unbranched alkanes of at least 4 members (excludes halogenated alkanes) is 5. The van der Waals surface area contributed by atoms with Gasteiger partial charge in [-0.15, -0.1) is 0 Å². The second kappa shape index (κ2) is 15.4. The minimum Gasteiger partial charge on any atom is -0.342 e. The van der Waals surface area contributed by atoms with E-state index in [1.807, 2.05) is 0 Å². The average molecular weight is 449 g/mol. The van der Waals surface area contributed by atoms with Gasteiger partial charge in [0.2, 0.25) is 5.91 Å². The van der Waals surface area contributed by atoms with Crippen LogP contribution < -0.4 is 0 Å². The van der Waals surface area contributed by atoms with Crippen molar-refractivity contribution in [1.82, 2.24) is 9.80 Å². The summed E-state index contributed by atoms with van der Waals surface area (Å²) in [6.07, 6.45) is 20.5. The molecule has 0 aromatic heterocycles. The fraction of sp³-hybridized carbons (Fsp3) is 0.966. The standard InChI is InChI=1S/C29H56N2O/c1-5-9-11-12-13-18-27(17-10-6-2)28(32)31-22-19-29(20-23-31)24-30(25-29)21-14-16-26(8-4)15-7-3/h26-27H,5-25H2,1-4H3. The van der Waals surface area contributed by atoms with Crippen LogP contribution in [0.3, 0.4) is 0 Å². The molecule has 0 aliphatic carbocycles. The van der Waals surface area contributed by atoms with E-state index in [9.17, 15) is 4.79 Å². The molecule has 2 atom stereocenters. The van der Waals surface area contributed by atoms with Gasteiger partial charge in [-0.2, -0.15) is 0 Å². The number of piperidine rings is 1. The minimum atomic E-state index is 0.290. The van der Waals surface area contributed by atoms with E-state index in [1.165, 1.54) is 110 Å². The average Bonchev–Trinajstić information content (AvgIpc) is 2.79. The zero-order valence-corrected chi connectivity index (χ0v) is 22.3. The van der Waals surface area contributed by atoms with Gasteiger partial charge in [-0.25, -0.2) is 0 Å². The molecule has 188 valence electrons. The van der Waals surface area contributed by atoms with Crippen LogP contribution in [-0.2, 0) is 4.79 Å². The highest BCUT2D eigenvalue weighted by Gasteiger charge is 2.45. The number of carbonyl (C=O) groups is 1. The van der Waals surface area contributed by atoms with Gasteiger partial charge >= 0.3 is 0 Å². The lowest BCUT2D eigenvalue weighted by atomic mass is 9.71. The van der Waals surface area contributed by atoms with E-state index in [0.29, 0.717) is 11.3 Å². The zero-order chi connectivity index (χ0) is 23.2. The molecule has 1 amide bonds. The van der Waals surface area contributed by atoms with E-state index < -0.39 is 0 Å². The van der Waals surface area contributed by atoms with Crippen molar-refractivity contribution in [2.75, 3.05) is 32.7 Å². The molecule has 0 radical (unpaired) electrons. The van der Waals surface area contributed by atoms with Crippen molar-refractivity contribution in [2.24, 2.45) is 17.3 Å². The first-order chi connectivity index (χ1) is 15.6. The molecule has 0 bridgehead atoms. The molecular formula is C29H56N2O. The lowest BCUT2D eigenvalue weighted by Crippen LogP contribution is -2.61. The molecule has 0 saturated carbocycles. The summed E-state index contributed by atoms with van der Waals surface area (Å²) in [4.78, 5) is 18.2. The normalized spacial score (nSPS) is 20.3. The number of hydrogen-bond donors (Lipinski definition) is 0. The Balaban J connectivity index is 1.68. The second-order valence-electron chi connectivity index (χ2n) is 11.3. The summed E-state index contributed by atoms with van der Waals surface area (Å²) >= 11 is 0. The predicted octanol–water partition coefficient (Wildman–Crippen LogP) is 7.68. The largest absolute Gasteiger partial charge is 0.342 e. The fourth-order valence-electron chi connectivity index (χ4n) is 6.24. The van der Waals surface area contributed by atoms with Crippen LogP contribution in [0, 0.1) is 17.3 Å². The van der Waals surface area contributed by atoms with Gasteiger partial charge in [0.25, 0.3) is 0 Å². The van der Waals surface area contributed by atoms with Gasteiger partial charge in [0.1, 0.15) is 0 Å². The molecule has 2 unspecified atom stereocenters. The first kappa shape index (κ1) is 27.7. The van der Waals surface area contributed by atoms with Crippen LogP contribution in [-0.4, -0.2) is 48.4 Å². The van der Waals surface area contributed by atoms with Gasteiger partial charge in [0.15, 0.2) is 0 Å². The van der Waals surface area contributed by atoms with E-state index in [4.69, 9.17) is 0 Å². The van der Waals surface area contributed by atoms with E-state index >= 15 is 0 Å². The summed E-state index contributed by atoms with van der Waals surface area (Å²) in [6, 6.07) is 0. The minimum absolute atomic E-state index is 0.290. The Morgan fingerprint density at radius 2 is 1.41 bits per heavy atom. The van der Waals surface area contributed by atoms with Gasteiger partial charge in [-0.1, -0.05) is 91.9 Å². The Labute approximate surface area is 201 Å². The molecule has 2 fully saturated rings. The van der Waals surface area contributed by atoms with Crippen LogP contribution in [0.15, 0.2) is 0 Å². The van der Waals surface area contributed by atoms with E-state index in [0.717, 1.165) is 31.8 Å². The predicted molar refractivity (Wildman–Crippen MR) is 139 cm³/mol. The van der Waals surface area contributed by atoms with Crippen molar-refractivity contribution in [3.05, 3.63) is 0 Å². The molecule has 3 nitrogen and oxygen atoms in total. The lowest BCUT2D eigenvalue weighted by Gasteiger charge is -2.54. The molecule has 0 aromatic rings. The van der Waals surface area contributed by atoms with Crippen LogP contribution in [0.1, 0.15) is 130 Å². The molecular weight excluding hydrogens is 392 g/mol. The summed E-state index contributed by atoms with van der Waals surface area (Å²) < 4.78 is 0. The van der Waals surface area contributed by atoms with Crippen LogP contribution >= 0.6 is 0 Å². The third-order valence-electron chi connectivity index (χ3n) is 8.53. The van der Waals surface area contributed by atoms with Gasteiger partial charge < -0.3 is 9.80 Å². The SMILES string of the molecule is CCCCCCCC(CCCC)C(=O)N1CCC2(CC1)CN(CCCC(CC)CCC)C2. The van der Waals surface area contributed by atoms with Crippen LogP contribution in [0.25, 0.3) is 0 Å². The Kier molecular flexibility index (Phi) is 13.3. The number of carbonyl (C=O) groups excluding carboxylic acids is 1. The molecule has 0 aromatic carbocycles. The molecule has 2 aliphatic rings. The smallest absolute Gasteiger partial charge is 0.225 e. The maximum Gasteiger partial charge on any atom is 0.225 e. The summed E-state index contributed by atoms with van der Waals surface area (Å²) in [5, 5.41) is 0. The zero-order valence-electron chi connectivity index (χ0n) is 22.3. The van der Waals surface area contributed by atoms with E-state index in [1.54, 1.807) is 0 Å². The third kappa shape index (κ3) is 8.99. The van der Waals surface area contributed by atoms with Crippen molar-refractivity contribution in [1.29, 1.82) is 0 Å². The molecule has 32 heavy (non-hydrogen) atoms. The van der Waals surface area contributed by atoms with E-state index in [-0.39, 0.29) is 5.92 Å². The number of hydrogen-bond acceptors (Lipinski definition) is 2. The fourth-order valence-corrected chi connectivity index (χ4v) is 6.24. The van der Waals surface area contributed by atoms with Gasteiger partial charge in [-0.3, -0.25) is 4.79 Å². The number of likely N-dealkylation sites (tertiary alicyclic amines) is 2. The van der Waals surface area contributed by atoms with Crippen molar-refractivity contribution in [3.63, 3.8) is 0 Å². The Morgan fingerprint density at radius 3 is 2.03 bits per heavy atom. The summed E-state index contributed by atoms with van der Waals surface area (Å²) in [7, 11) is 0. The van der Waals surface area contributed by atoms with Gasteiger partial charge in [-0.05, 0) is 56.4 Å². The monoisotopic (exact) mass is 448 g/mol. The molecule has 2 saturated heterocycles. The van der Waals surface area contributed by atoms with Crippen LogP contribution in [0.2, 0.25) is 0 Å². The molecule has 2 aliphatic heterocycles. The molecule has 1 spiro atoms. The number of rotatable bonds is 17. The highest BCUT2D eigenvalue weighted by atomic mass is 16.2. The number of nitrogens with zero attached hydrogens (tertiary/aromatic N) is 2. The summed E-state index contributed by atoms with van der Waals surface area (Å²) in [6.45, 7) is 15.1. The van der Waals surface area contributed by atoms with Crippen molar-refractivity contribution in [2.45, 2.75) is 130 Å². The van der Waals surface area contributed by atoms with Gasteiger partial charge in [0, 0.05) is 32.1 Å². The van der Waals surface area contributed by atoms with Crippen molar-refractivity contribution >= 4 is 5.91 Å². The van der Waals surface area contributed by atoms with Crippen molar-refractivity contribution < 1.29 is 4.79 Å². The first-order valence-corrected chi connectivity index (χ1v) is 14.6. The summed E-state index contributed by atoms with van der Waals surface area (Å²) in [5.41, 5.74) is 0.531. The van der Waals surface area contributed by atoms with Gasteiger partial charge in [0.05, 0.1) is 0 Å². The highest BCUT2D eigenvalue weighted by Crippen LogP contribution is 2.41. The second-order valence-corrected chi connectivity index (χ2v) is 11.3. The third-order valence-corrected chi connectivity index (χ3v) is 8.53. The highest BCUT2D eigenvalue weighted by molar-refractivity contribution is 5.79. The van der Waals surface area contributed by atoms with Crippen LogP contribution in [0.5, 0.6) is 0 Å². The van der Waals surface area contributed by atoms with E-state index in [2.05, 4.69) is 37.5 Å². The lowest BCUT2D eigenvalue weighted by molar-refractivity contribution is -0.141. The number of amides is 1. The first-order valence-electron chi connectivity index (χ1n) is 14.6. The van der Waals surface area contributed by atoms with Crippen molar-refractivity contribution in [3.8, 4) is 0 Å². The Morgan fingerprint density at radius 1 is 0.750 bits per heavy atom. The Bertz CT molecular complexity index is 489. The maximum atomic E-state index is 13.3. The molecule has 2 heterocycles. The topological polar surface area (TPSA) is 23.6 Å².